The molecule has 1 nitrogen and oxygen atoms in total. The third-order valence-electron chi connectivity index (χ3n) is 5.59. The average Bonchev–Trinajstić information content (AvgIpc) is 3.03. The van der Waals surface area contributed by atoms with Crippen LogP contribution >= 0.6 is 15.9 Å². The van der Waals surface area contributed by atoms with Crippen LogP contribution in [-0.4, -0.2) is 4.57 Å². The minimum absolute atomic E-state index is 0.400. The topological polar surface area (TPSA) is 4.93 Å². The molecule has 1 aliphatic rings. The number of allylic oxidation sites excluding steroid dienone is 4. The molecule has 27 heavy (non-hydrogen) atoms. The number of aromatic nitrogens is 1. The summed E-state index contributed by atoms with van der Waals surface area (Å²) in [5, 5.41) is 2.68. The second-order valence-electron chi connectivity index (χ2n) is 7.20. The van der Waals surface area contributed by atoms with E-state index >= 15 is 0 Å². The normalized spacial score (nSPS) is 19.2. The fraction of sp³-hybridized carbons (Fsp3) is 0.120. The van der Waals surface area contributed by atoms with E-state index in [4.69, 9.17) is 0 Å². The predicted molar refractivity (Wildman–Crippen MR) is 119 cm³/mol. The number of fused-ring (bicyclic) bond motifs is 3. The van der Waals surface area contributed by atoms with Gasteiger partial charge in [-0.25, -0.2) is 0 Å². The van der Waals surface area contributed by atoms with Gasteiger partial charge in [-0.15, -0.1) is 0 Å². The average molecular weight is 414 g/mol. The van der Waals surface area contributed by atoms with Gasteiger partial charge in [0.25, 0.3) is 0 Å². The predicted octanol–water partition coefficient (Wildman–Crippen LogP) is 7.39. The summed E-state index contributed by atoms with van der Waals surface area (Å²) in [5.74, 6) is 0.892. The van der Waals surface area contributed by atoms with Crippen molar-refractivity contribution in [1.29, 1.82) is 0 Å². The van der Waals surface area contributed by atoms with Gasteiger partial charge in [-0.1, -0.05) is 73.7 Å². The van der Waals surface area contributed by atoms with Gasteiger partial charge in [0.05, 0.1) is 16.7 Å². The molecule has 0 amide bonds. The van der Waals surface area contributed by atoms with E-state index in [2.05, 4.69) is 118 Å². The fourth-order valence-electron chi connectivity index (χ4n) is 4.32. The van der Waals surface area contributed by atoms with Crippen LogP contribution in [-0.2, 0) is 0 Å². The molecule has 2 atom stereocenters. The standard InChI is InChI=1S/C25H20BrN/c1-17-9-2-3-10-18(17)19-12-8-16-24-25(19)20-11-4-6-14-22(20)27(24)23-15-7-5-13-21(23)26/h2-18H,1H3. The molecule has 0 spiro atoms. The number of rotatable bonds is 2. The first-order valence-electron chi connectivity index (χ1n) is 9.37. The number of hydrogen-bond acceptors (Lipinski definition) is 0. The summed E-state index contributed by atoms with van der Waals surface area (Å²) >= 11 is 3.75. The Labute approximate surface area is 167 Å². The highest BCUT2D eigenvalue weighted by atomic mass is 79.9. The zero-order valence-electron chi connectivity index (χ0n) is 15.1. The van der Waals surface area contributed by atoms with Crippen LogP contribution in [0.15, 0.2) is 95.5 Å². The first kappa shape index (κ1) is 16.6. The SMILES string of the molecule is CC1C=CC=CC1c1cccc2c1c1ccccc1n2-c1ccccc1Br. The fourth-order valence-corrected chi connectivity index (χ4v) is 4.78. The molecule has 2 unspecified atom stereocenters. The molecule has 1 aromatic heterocycles. The van der Waals surface area contributed by atoms with Crippen LogP contribution in [0.5, 0.6) is 0 Å². The molecule has 2 heteroatoms. The molecule has 0 N–H and O–H groups in total. The van der Waals surface area contributed by atoms with Gasteiger partial charge in [0, 0.05) is 21.2 Å². The summed E-state index contributed by atoms with van der Waals surface area (Å²) in [6.45, 7) is 2.30. The van der Waals surface area contributed by atoms with Crippen molar-refractivity contribution in [3.63, 3.8) is 0 Å². The summed E-state index contributed by atoms with van der Waals surface area (Å²) in [6.07, 6.45) is 8.97. The van der Waals surface area contributed by atoms with E-state index < -0.39 is 0 Å². The Morgan fingerprint density at radius 2 is 1.52 bits per heavy atom. The lowest BCUT2D eigenvalue weighted by atomic mass is 9.82. The molecular formula is C25H20BrN. The Morgan fingerprint density at radius 1 is 0.778 bits per heavy atom. The molecule has 5 rings (SSSR count). The molecule has 0 aliphatic heterocycles. The molecule has 1 aliphatic carbocycles. The Bertz CT molecular complexity index is 1210. The molecule has 4 aromatic rings. The molecule has 3 aromatic carbocycles. The third kappa shape index (κ3) is 2.59. The molecule has 0 bridgehead atoms. The van der Waals surface area contributed by atoms with Gasteiger partial charge in [0.15, 0.2) is 0 Å². The van der Waals surface area contributed by atoms with Crippen LogP contribution in [0.3, 0.4) is 0 Å². The molecule has 0 saturated heterocycles. The highest BCUT2D eigenvalue weighted by Gasteiger charge is 2.22. The molecule has 0 radical (unpaired) electrons. The van der Waals surface area contributed by atoms with Gasteiger partial charge in [-0.3, -0.25) is 0 Å². The number of halogens is 1. The first-order chi connectivity index (χ1) is 13.3. The summed E-state index contributed by atoms with van der Waals surface area (Å²) in [4.78, 5) is 0. The summed E-state index contributed by atoms with van der Waals surface area (Å²) in [6, 6.07) is 23.9. The van der Waals surface area contributed by atoms with Gasteiger partial charge in [-0.05, 0) is 51.7 Å². The van der Waals surface area contributed by atoms with Crippen molar-refractivity contribution in [2.75, 3.05) is 0 Å². The Hall–Kier alpha value is -2.58. The lowest BCUT2D eigenvalue weighted by molar-refractivity contribution is 0.639. The lowest BCUT2D eigenvalue weighted by Gasteiger charge is -2.22. The zero-order valence-corrected chi connectivity index (χ0v) is 16.7. The van der Waals surface area contributed by atoms with Crippen molar-refractivity contribution in [2.24, 2.45) is 5.92 Å². The zero-order chi connectivity index (χ0) is 18.4. The van der Waals surface area contributed by atoms with Gasteiger partial charge < -0.3 is 4.57 Å². The molecule has 0 saturated carbocycles. The smallest absolute Gasteiger partial charge is 0.0604 e. The quantitative estimate of drug-likeness (QED) is 0.322. The Morgan fingerprint density at radius 3 is 2.37 bits per heavy atom. The number of benzene rings is 3. The van der Waals surface area contributed by atoms with E-state index in [1.54, 1.807) is 0 Å². The van der Waals surface area contributed by atoms with E-state index in [1.165, 1.54) is 33.1 Å². The Balaban J connectivity index is 1.90. The molecule has 132 valence electrons. The molecule has 0 fully saturated rings. The Kier molecular flexibility index (Phi) is 4.02. The molecular weight excluding hydrogens is 394 g/mol. The highest BCUT2D eigenvalue weighted by Crippen LogP contribution is 2.41. The number of hydrogen-bond donors (Lipinski definition) is 0. The van der Waals surface area contributed by atoms with Gasteiger partial charge in [0.2, 0.25) is 0 Å². The van der Waals surface area contributed by atoms with Crippen molar-refractivity contribution in [1.82, 2.24) is 4.57 Å². The maximum Gasteiger partial charge on any atom is 0.0604 e. The van der Waals surface area contributed by atoms with E-state index in [9.17, 15) is 0 Å². The molecule has 1 heterocycles. The van der Waals surface area contributed by atoms with E-state index in [0.29, 0.717) is 11.8 Å². The number of para-hydroxylation sites is 2. The van der Waals surface area contributed by atoms with Crippen LogP contribution in [0.2, 0.25) is 0 Å². The maximum absolute atomic E-state index is 3.75. The van der Waals surface area contributed by atoms with Crippen LogP contribution in [0.25, 0.3) is 27.5 Å². The van der Waals surface area contributed by atoms with E-state index in [0.717, 1.165) is 4.47 Å². The van der Waals surface area contributed by atoms with E-state index in [1.807, 2.05) is 0 Å². The largest absolute Gasteiger partial charge is 0.308 e. The van der Waals surface area contributed by atoms with Crippen LogP contribution in [0.1, 0.15) is 18.4 Å². The van der Waals surface area contributed by atoms with Crippen molar-refractivity contribution < 1.29 is 0 Å². The number of nitrogens with zero attached hydrogens (tertiary/aromatic N) is 1. The van der Waals surface area contributed by atoms with Crippen LogP contribution < -0.4 is 0 Å². The van der Waals surface area contributed by atoms with Gasteiger partial charge in [-0.2, -0.15) is 0 Å². The van der Waals surface area contributed by atoms with Crippen molar-refractivity contribution >= 4 is 37.7 Å². The van der Waals surface area contributed by atoms with Crippen LogP contribution in [0, 0.1) is 5.92 Å². The first-order valence-corrected chi connectivity index (χ1v) is 10.2. The minimum atomic E-state index is 0.400. The lowest BCUT2D eigenvalue weighted by Crippen LogP contribution is -2.07. The summed E-state index contributed by atoms with van der Waals surface area (Å²) < 4.78 is 3.48. The second kappa shape index (κ2) is 6.54. The monoisotopic (exact) mass is 413 g/mol. The maximum atomic E-state index is 3.75. The summed E-state index contributed by atoms with van der Waals surface area (Å²) in [5.41, 5.74) is 5.08. The van der Waals surface area contributed by atoms with Crippen LogP contribution in [0.4, 0.5) is 0 Å². The minimum Gasteiger partial charge on any atom is -0.308 e. The van der Waals surface area contributed by atoms with Gasteiger partial charge >= 0.3 is 0 Å². The summed E-state index contributed by atoms with van der Waals surface area (Å²) in [7, 11) is 0. The highest BCUT2D eigenvalue weighted by molar-refractivity contribution is 9.10. The van der Waals surface area contributed by atoms with Crippen molar-refractivity contribution in [2.45, 2.75) is 12.8 Å². The van der Waals surface area contributed by atoms with Crippen molar-refractivity contribution in [3.05, 3.63) is 101 Å². The second-order valence-corrected chi connectivity index (χ2v) is 8.05. The third-order valence-corrected chi connectivity index (χ3v) is 6.26. The van der Waals surface area contributed by atoms with E-state index in [-0.39, 0.29) is 0 Å². The van der Waals surface area contributed by atoms with Gasteiger partial charge in [0.1, 0.15) is 0 Å². The van der Waals surface area contributed by atoms with Crippen molar-refractivity contribution in [3.8, 4) is 5.69 Å².